The fourth-order valence-corrected chi connectivity index (χ4v) is 3.50. The lowest BCUT2D eigenvalue weighted by molar-refractivity contribution is 0.0586. The van der Waals surface area contributed by atoms with E-state index in [1.165, 1.54) is 0 Å². The highest BCUT2D eigenvalue weighted by atomic mass is 16.2. The van der Waals surface area contributed by atoms with Gasteiger partial charge in [-0.3, -0.25) is 9.69 Å². The Balaban J connectivity index is 2.25. The third-order valence-corrected chi connectivity index (χ3v) is 4.67. The first-order valence-electron chi connectivity index (χ1n) is 8.11. The van der Waals surface area contributed by atoms with Crippen LogP contribution in [0, 0.1) is 17.2 Å². The molecule has 120 valence electrons. The summed E-state index contributed by atoms with van der Waals surface area (Å²) in [5, 5.41) is 10.2. The van der Waals surface area contributed by atoms with Crippen LogP contribution < -0.4 is 0 Å². The van der Waals surface area contributed by atoms with Crippen LogP contribution in [0.2, 0.25) is 0 Å². The highest BCUT2D eigenvalue weighted by molar-refractivity contribution is 5.97. The third kappa shape index (κ3) is 2.23. The van der Waals surface area contributed by atoms with Crippen LogP contribution in [0.4, 0.5) is 0 Å². The predicted molar refractivity (Wildman–Crippen MR) is 94.8 cm³/mol. The summed E-state index contributed by atoms with van der Waals surface area (Å²) in [6.07, 6.45) is 1.98. The van der Waals surface area contributed by atoms with E-state index in [2.05, 4.69) is 6.07 Å². The van der Waals surface area contributed by atoms with E-state index in [0.717, 1.165) is 16.8 Å². The summed E-state index contributed by atoms with van der Waals surface area (Å²) in [6, 6.07) is 19.4. The van der Waals surface area contributed by atoms with Crippen LogP contribution in [0.15, 0.2) is 60.3 Å². The van der Waals surface area contributed by atoms with Crippen molar-refractivity contribution >= 4 is 12.0 Å². The van der Waals surface area contributed by atoms with E-state index in [1.807, 2.05) is 69.3 Å². The van der Waals surface area contributed by atoms with Crippen LogP contribution in [-0.4, -0.2) is 10.8 Å². The Hall–Kier alpha value is -2.86. The Morgan fingerprint density at radius 3 is 2.33 bits per heavy atom. The Labute approximate surface area is 142 Å². The summed E-state index contributed by atoms with van der Waals surface area (Å²) >= 11 is 0. The zero-order valence-electron chi connectivity index (χ0n) is 14.2. The lowest BCUT2D eigenvalue weighted by atomic mass is 9.74. The fraction of sp³-hybridized carbons (Fsp3) is 0.238. The van der Waals surface area contributed by atoms with Gasteiger partial charge in [-0.25, -0.2) is 0 Å². The van der Waals surface area contributed by atoms with Crippen LogP contribution >= 0.6 is 0 Å². The molecular formula is C21H20N2O. The van der Waals surface area contributed by atoms with Crippen molar-refractivity contribution in [3.8, 4) is 6.07 Å². The quantitative estimate of drug-likeness (QED) is 0.814. The van der Waals surface area contributed by atoms with Crippen molar-refractivity contribution in [2.24, 2.45) is 5.92 Å². The molecule has 24 heavy (non-hydrogen) atoms. The molecule has 3 nitrogen and oxygen atoms in total. The SMILES string of the molecule is CC1=Cc2ccccc2C(C#N)(C(C)C)N1C(=O)c1ccccc1. The molecule has 1 heterocycles. The van der Waals surface area contributed by atoms with Gasteiger partial charge in [0, 0.05) is 11.3 Å². The molecule has 0 radical (unpaired) electrons. The molecule has 0 N–H and O–H groups in total. The zero-order chi connectivity index (χ0) is 17.3. The molecule has 0 bridgehead atoms. The Morgan fingerprint density at radius 1 is 1.08 bits per heavy atom. The molecule has 0 fully saturated rings. The molecule has 0 aromatic heterocycles. The number of carbonyl (C=O) groups excluding carboxylic acids is 1. The van der Waals surface area contributed by atoms with Crippen molar-refractivity contribution in [2.75, 3.05) is 0 Å². The highest BCUT2D eigenvalue weighted by Gasteiger charge is 2.48. The largest absolute Gasteiger partial charge is 0.289 e. The van der Waals surface area contributed by atoms with Crippen molar-refractivity contribution in [1.29, 1.82) is 5.26 Å². The first kappa shape index (κ1) is 16.0. The monoisotopic (exact) mass is 316 g/mol. The molecule has 0 saturated carbocycles. The predicted octanol–water partition coefficient (Wildman–Crippen LogP) is 4.58. The number of nitriles is 1. The van der Waals surface area contributed by atoms with Gasteiger partial charge in [-0.1, -0.05) is 56.3 Å². The molecule has 0 aliphatic carbocycles. The summed E-state index contributed by atoms with van der Waals surface area (Å²) in [5.74, 6) is -0.200. The molecule has 3 rings (SSSR count). The minimum Gasteiger partial charge on any atom is -0.289 e. The third-order valence-electron chi connectivity index (χ3n) is 4.67. The van der Waals surface area contributed by atoms with Gasteiger partial charge in [0.2, 0.25) is 0 Å². The minimum atomic E-state index is -1.01. The van der Waals surface area contributed by atoms with Crippen LogP contribution in [0.1, 0.15) is 42.3 Å². The van der Waals surface area contributed by atoms with Crippen LogP contribution in [0.5, 0.6) is 0 Å². The van der Waals surface area contributed by atoms with Gasteiger partial charge in [0.1, 0.15) is 0 Å². The first-order valence-corrected chi connectivity index (χ1v) is 8.11. The average molecular weight is 316 g/mol. The number of fused-ring (bicyclic) bond motifs is 1. The number of hydrogen-bond donors (Lipinski definition) is 0. The summed E-state index contributed by atoms with van der Waals surface area (Å²) in [7, 11) is 0. The minimum absolute atomic E-state index is 0.0556. The second-order valence-corrected chi connectivity index (χ2v) is 6.41. The molecule has 2 aromatic carbocycles. The van der Waals surface area contributed by atoms with E-state index in [0.29, 0.717) is 5.56 Å². The summed E-state index contributed by atoms with van der Waals surface area (Å²) in [5.41, 5.74) is 2.25. The van der Waals surface area contributed by atoms with Crippen LogP contribution in [0.25, 0.3) is 6.08 Å². The van der Waals surface area contributed by atoms with Gasteiger partial charge >= 0.3 is 0 Å². The normalized spacial score (nSPS) is 19.5. The molecule has 1 amide bonds. The van der Waals surface area contributed by atoms with Gasteiger partial charge in [-0.15, -0.1) is 0 Å². The summed E-state index contributed by atoms with van der Waals surface area (Å²) in [6.45, 7) is 5.87. The number of rotatable bonds is 2. The van der Waals surface area contributed by atoms with E-state index in [1.54, 1.807) is 17.0 Å². The lowest BCUT2D eigenvalue weighted by Crippen LogP contribution is -2.52. The van der Waals surface area contributed by atoms with E-state index >= 15 is 0 Å². The van der Waals surface area contributed by atoms with E-state index in [4.69, 9.17) is 0 Å². The molecule has 0 saturated heterocycles. The van der Waals surface area contributed by atoms with E-state index in [-0.39, 0.29) is 11.8 Å². The molecule has 0 spiro atoms. The molecule has 1 unspecified atom stereocenters. The molecular weight excluding hydrogens is 296 g/mol. The number of allylic oxidation sites excluding steroid dienone is 1. The maximum Gasteiger partial charge on any atom is 0.259 e. The Kier molecular flexibility index (Phi) is 3.99. The standard InChI is InChI=1S/C21H20N2O/c1-15(2)21(14-22)19-12-8-7-11-18(19)13-16(3)23(21)20(24)17-9-5-4-6-10-17/h4-13,15H,1-3H3. The molecule has 2 aromatic rings. The fourth-order valence-electron chi connectivity index (χ4n) is 3.50. The first-order chi connectivity index (χ1) is 11.5. The van der Waals surface area contributed by atoms with Crippen molar-refractivity contribution < 1.29 is 4.79 Å². The maximum absolute atomic E-state index is 13.2. The average Bonchev–Trinajstić information content (AvgIpc) is 2.60. The van der Waals surface area contributed by atoms with Gasteiger partial charge < -0.3 is 0 Å². The molecule has 1 atom stereocenters. The Morgan fingerprint density at radius 2 is 1.71 bits per heavy atom. The Bertz CT molecular complexity index is 846. The van der Waals surface area contributed by atoms with Crippen LogP contribution in [-0.2, 0) is 5.54 Å². The van der Waals surface area contributed by atoms with Crippen molar-refractivity contribution in [3.63, 3.8) is 0 Å². The van der Waals surface area contributed by atoms with Gasteiger partial charge in [-0.05, 0) is 42.2 Å². The van der Waals surface area contributed by atoms with Gasteiger partial charge in [0.05, 0.1) is 6.07 Å². The second-order valence-electron chi connectivity index (χ2n) is 6.41. The molecule has 1 aliphatic rings. The number of amides is 1. The van der Waals surface area contributed by atoms with Crippen molar-refractivity contribution in [3.05, 3.63) is 77.0 Å². The van der Waals surface area contributed by atoms with Crippen molar-refractivity contribution in [2.45, 2.75) is 26.3 Å². The number of nitrogens with zero attached hydrogens (tertiary/aromatic N) is 2. The molecule has 3 heteroatoms. The lowest BCUT2D eigenvalue weighted by Gasteiger charge is -2.45. The summed E-state index contributed by atoms with van der Waals surface area (Å²) in [4.78, 5) is 14.9. The van der Waals surface area contributed by atoms with Crippen molar-refractivity contribution in [1.82, 2.24) is 4.90 Å². The van der Waals surface area contributed by atoms with E-state index in [9.17, 15) is 10.1 Å². The smallest absolute Gasteiger partial charge is 0.259 e. The maximum atomic E-state index is 13.2. The van der Waals surface area contributed by atoms with Crippen LogP contribution in [0.3, 0.4) is 0 Å². The van der Waals surface area contributed by atoms with E-state index < -0.39 is 5.54 Å². The second kappa shape index (κ2) is 5.98. The van der Waals surface area contributed by atoms with Gasteiger partial charge in [0.15, 0.2) is 5.54 Å². The highest BCUT2D eigenvalue weighted by Crippen LogP contribution is 2.44. The number of carbonyl (C=O) groups is 1. The number of hydrogen-bond acceptors (Lipinski definition) is 2. The summed E-state index contributed by atoms with van der Waals surface area (Å²) < 4.78 is 0. The topological polar surface area (TPSA) is 44.1 Å². The number of benzene rings is 2. The van der Waals surface area contributed by atoms with Gasteiger partial charge in [0.25, 0.3) is 5.91 Å². The molecule has 1 aliphatic heterocycles. The zero-order valence-corrected chi connectivity index (χ0v) is 14.2. The van der Waals surface area contributed by atoms with Gasteiger partial charge in [-0.2, -0.15) is 5.26 Å².